The number of benzene rings is 1. The number of nitrogens with one attached hydrogen (secondary N) is 2. The topological polar surface area (TPSA) is 50.4 Å². The summed E-state index contributed by atoms with van der Waals surface area (Å²) in [6.45, 7) is 6.54. The zero-order valence-corrected chi connectivity index (χ0v) is 13.4. The first-order valence-electron chi connectivity index (χ1n) is 7.01. The maximum atomic E-state index is 11.8. The Balaban J connectivity index is 0.00000220. The molecule has 0 aliphatic carbocycles. The van der Waals surface area contributed by atoms with Crippen LogP contribution in [-0.4, -0.2) is 32.1 Å². The molecule has 0 atom stereocenters. The summed E-state index contributed by atoms with van der Waals surface area (Å²) in [6.07, 6.45) is 3.13. The van der Waals surface area contributed by atoms with Crippen LogP contribution in [0.3, 0.4) is 0 Å². The number of hydrogen-bond donors (Lipinski definition) is 2. The molecule has 2 N–H and O–H groups in total. The number of carbonyl (C=O) groups excluding carboxylic acids is 1. The summed E-state index contributed by atoms with van der Waals surface area (Å²) in [7, 11) is 0. The van der Waals surface area contributed by atoms with Gasteiger partial charge in [-0.2, -0.15) is 0 Å². The third-order valence-corrected chi connectivity index (χ3v) is 3.43. The SMILES string of the molecule is Cc1cccc(C)c1OCC(=O)NCC1=CCNCC1.Cl. The van der Waals surface area contributed by atoms with E-state index in [1.54, 1.807) is 0 Å². The lowest BCUT2D eigenvalue weighted by Crippen LogP contribution is -2.32. The van der Waals surface area contributed by atoms with Crippen molar-refractivity contribution in [3.63, 3.8) is 0 Å². The lowest BCUT2D eigenvalue weighted by molar-refractivity contribution is -0.122. The number of halogens is 1. The Morgan fingerprint density at radius 1 is 1.33 bits per heavy atom. The maximum absolute atomic E-state index is 11.8. The third kappa shape index (κ3) is 5.40. The normalized spacial score (nSPS) is 13.9. The van der Waals surface area contributed by atoms with Gasteiger partial charge in [0.05, 0.1) is 0 Å². The van der Waals surface area contributed by atoms with Crippen molar-refractivity contribution in [3.8, 4) is 5.75 Å². The van der Waals surface area contributed by atoms with Crippen molar-refractivity contribution in [1.29, 1.82) is 0 Å². The Morgan fingerprint density at radius 3 is 2.67 bits per heavy atom. The fraction of sp³-hybridized carbons (Fsp3) is 0.438. The number of carbonyl (C=O) groups is 1. The van der Waals surface area contributed by atoms with Gasteiger partial charge in [0.25, 0.3) is 5.91 Å². The summed E-state index contributed by atoms with van der Waals surface area (Å²) >= 11 is 0. The van der Waals surface area contributed by atoms with Crippen LogP contribution in [0.5, 0.6) is 5.75 Å². The molecule has 0 unspecified atom stereocenters. The van der Waals surface area contributed by atoms with Gasteiger partial charge >= 0.3 is 0 Å². The van der Waals surface area contributed by atoms with Crippen molar-refractivity contribution >= 4 is 18.3 Å². The second kappa shape index (κ2) is 8.70. The number of para-hydroxylation sites is 1. The van der Waals surface area contributed by atoms with Crippen LogP contribution in [0.25, 0.3) is 0 Å². The summed E-state index contributed by atoms with van der Waals surface area (Å²) in [5.41, 5.74) is 3.39. The van der Waals surface area contributed by atoms with E-state index in [-0.39, 0.29) is 24.9 Å². The molecule has 0 spiro atoms. The molecule has 0 saturated heterocycles. The van der Waals surface area contributed by atoms with E-state index in [0.717, 1.165) is 36.4 Å². The van der Waals surface area contributed by atoms with Gasteiger partial charge in [0.15, 0.2) is 6.61 Å². The van der Waals surface area contributed by atoms with E-state index in [4.69, 9.17) is 4.74 Å². The number of amides is 1. The van der Waals surface area contributed by atoms with Crippen LogP contribution in [-0.2, 0) is 4.79 Å². The van der Waals surface area contributed by atoms with Crippen molar-refractivity contribution in [1.82, 2.24) is 10.6 Å². The van der Waals surface area contributed by atoms with E-state index in [1.807, 2.05) is 32.0 Å². The Morgan fingerprint density at radius 2 is 2.05 bits per heavy atom. The van der Waals surface area contributed by atoms with Crippen molar-refractivity contribution in [2.24, 2.45) is 0 Å². The van der Waals surface area contributed by atoms with Gasteiger partial charge in [0, 0.05) is 13.1 Å². The summed E-state index contributed by atoms with van der Waals surface area (Å²) in [5, 5.41) is 6.15. The summed E-state index contributed by atoms with van der Waals surface area (Å²) < 4.78 is 5.63. The predicted octanol–water partition coefficient (Wildman–Crippen LogP) is 2.14. The molecule has 0 aromatic heterocycles. The molecule has 21 heavy (non-hydrogen) atoms. The number of ether oxygens (including phenoxy) is 1. The highest BCUT2D eigenvalue weighted by molar-refractivity contribution is 5.85. The zero-order chi connectivity index (χ0) is 14.4. The first-order chi connectivity index (χ1) is 9.66. The standard InChI is InChI=1S/C16H22N2O2.ClH/c1-12-4-3-5-13(2)16(12)20-11-15(19)18-10-14-6-8-17-9-7-14;/h3-6,17H,7-11H2,1-2H3,(H,18,19);1H. The quantitative estimate of drug-likeness (QED) is 0.819. The molecule has 5 heteroatoms. The van der Waals surface area contributed by atoms with Gasteiger partial charge in [0.2, 0.25) is 0 Å². The van der Waals surface area contributed by atoms with Crippen LogP contribution in [0.15, 0.2) is 29.8 Å². The van der Waals surface area contributed by atoms with Crippen LogP contribution in [0.2, 0.25) is 0 Å². The highest BCUT2D eigenvalue weighted by atomic mass is 35.5. The molecule has 1 aliphatic heterocycles. The van der Waals surface area contributed by atoms with Gasteiger partial charge in [-0.1, -0.05) is 29.8 Å². The van der Waals surface area contributed by atoms with Crippen molar-refractivity contribution < 1.29 is 9.53 Å². The lowest BCUT2D eigenvalue weighted by Gasteiger charge is -2.15. The molecule has 4 nitrogen and oxygen atoms in total. The Bertz CT molecular complexity index is 495. The van der Waals surface area contributed by atoms with Crippen molar-refractivity contribution in [2.75, 3.05) is 26.2 Å². The van der Waals surface area contributed by atoms with E-state index in [0.29, 0.717) is 6.54 Å². The van der Waals surface area contributed by atoms with E-state index in [1.165, 1.54) is 5.57 Å². The van der Waals surface area contributed by atoms with E-state index < -0.39 is 0 Å². The van der Waals surface area contributed by atoms with Crippen LogP contribution in [0, 0.1) is 13.8 Å². The summed E-state index contributed by atoms with van der Waals surface area (Å²) in [4.78, 5) is 11.8. The van der Waals surface area contributed by atoms with Gasteiger partial charge in [-0.25, -0.2) is 0 Å². The van der Waals surface area contributed by atoms with Gasteiger partial charge in [-0.15, -0.1) is 12.4 Å². The number of aryl methyl sites for hydroxylation is 2. The molecule has 1 aliphatic rings. The zero-order valence-electron chi connectivity index (χ0n) is 12.6. The Kier molecular flexibility index (Phi) is 7.26. The van der Waals surface area contributed by atoms with E-state index in [9.17, 15) is 4.79 Å². The highest BCUT2D eigenvalue weighted by Gasteiger charge is 2.08. The Hall–Kier alpha value is -1.52. The first-order valence-corrected chi connectivity index (χ1v) is 7.01. The molecule has 1 aromatic rings. The number of rotatable bonds is 5. The monoisotopic (exact) mass is 310 g/mol. The smallest absolute Gasteiger partial charge is 0.258 e. The van der Waals surface area contributed by atoms with Crippen LogP contribution >= 0.6 is 12.4 Å². The molecular formula is C16H23ClN2O2. The van der Waals surface area contributed by atoms with Crippen LogP contribution < -0.4 is 15.4 Å². The largest absolute Gasteiger partial charge is 0.483 e. The second-order valence-electron chi connectivity index (χ2n) is 5.10. The second-order valence-corrected chi connectivity index (χ2v) is 5.10. The summed E-state index contributed by atoms with van der Waals surface area (Å²) in [6, 6.07) is 5.96. The average molecular weight is 311 g/mol. The van der Waals surface area contributed by atoms with Crippen LogP contribution in [0.1, 0.15) is 17.5 Å². The maximum Gasteiger partial charge on any atom is 0.258 e. The number of hydrogen-bond acceptors (Lipinski definition) is 3. The molecule has 0 fully saturated rings. The molecule has 2 rings (SSSR count). The Labute approximate surface area is 132 Å². The first kappa shape index (κ1) is 17.5. The summed E-state index contributed by atoms with van der Waals surface area (Å²) in [5.74, 6) is 0.732. The minimum atomic E-state index is -0.0768. The fourth-order valence-corrected chi connectivity index (χ4v) is 2.26. The molecule has 1 amide bonds. The average Bonchev–Trinajstić information content (AvgIpc) is 2.46. The minimum absolute atomic E-state index is 0. The van der Waals surface area contributed by atoms with Crippen molar-refractivity contribution in [2.45, 2.75) is 20.3 Å². The molecule has 0 bridgehead atoms. The highest BCUT2D eigenvalue weighted by Crippen LogP contribution is 2.21. The minimum Gasteiger partial charge on any atom is -0.483 e. The van der Waals surface area contributed by atoms with Gasteiger partial charge in [0.1, 0.15) is 5.75 Å². The van der Waals surface area contributed by atoms with Crippen LogP contribution in [0.4, 0.5) is 0 Å². The molecule has 0 radical (unpaired) electrons. The molecule has 116 valence electrons. The van der Waals surface area contributed by atoms with Gasteiger partial charge in [-0.3, -0.25) is 4.79 Å². The van der Waals surface area contributed by atoms with E-state index in [2.05, 4.69) is 16.7 Å². The van der Waals surface area contributed by atoms with E-state index >= 15 is 0 Å². The molecule has 0 saturated carbocycles. The van der Waals surface area contributed by atoms with Gasteiger partial charge < -0.3 is 15.4 Å². The molecule has 1 heterocycles. The molecule has 1 aromatic carbocycles. The van der Waals surface area contributed by atoms with Crippen molar-refractivity contribution in [3.05, 3.63) is 41.0 Å². The third-order valence-electron chi connectivity index (χ3n) is 3.43. The fourth-order valence-electron chi connectivity index (χ4n) is 2.26. The molecular weight excluding hydrogens is 288 g/mol. The van der Waals surface area contributed by atoms with Gasteiger partial charge in [-0.05, 0) is 37.9 Å². The lowest BCUT2D eigenvalue weighted by atomic mass is 10.1. The predicted molar refractivity (Wildman–Crippen MR) is 87.2 cm³/mol.